The number of rotatable bonds is 23. The maximum absolute atomic E-state index is 2.37. The van der Waals surface area contributed by atoms with E-state index in [9.17, 15) is 0 Å². The summed E-state index contributed by atoms with van der Waals surface area (Å²) in [6.07, 6.45) is 38.3. The summed E-state index contributed by atoms with van der Waals surface area (Å²) in [5, 5.41) is 0. The van der Waals surface area contributed by atoms with Crippen molar-refractivity contribution >= 4 is 0 Å². The van der Waals surface area contributed by atoms with Gasteiger partial charge >= 0.3 is 0 Å². The number of nitrogens with zero attached hydrogens (tertiary/aromatic N) is 4. The second-order valence-electron chi connectivity index (χ2n) is 10.4. The molecule has 0 aliphatic heterocycles. The Balaban J connectivity index is 1.46. The summed E-state index contributed by atoms with van der Waals surface area (Å²) in [5.41, 5.74) is 0. The van der Waals surface area contributed by atoms with E-state index in [1.165, 1.54) is 129 Å². The van der Waals surface area contributed by atoms with Crippen LogP contribution in [0.2, 0.25) is 0 Å². The molecule has 0 aliphatic rings. The van der Waals surface area contributed by atoms with Crippen molar-refractivity contribution in [2.24, 2.45) is 0 Å². The summed E-state index contributed by atoms with van der Waals surface area (Å²) in [6.45, 7) is 9.18. The van der Waals surface area contributed by atoms with E-state index in [1.807, 2.05) is 0 Å². The van der Waals surface area contributed by atoms with Crippen molar-refractivity contribution in [1.82, 2.24) is 9.13 Å². The number of aryl methyl sites for hydroxylation is 4. The highest BCUT2D eigenvalue weighted by atomic mass is 15.1. The van der Waals surface area contributed by atoms with Crippen LogP contribution < -0.4 is 9.13 Å². The van der Waals surface area contributed by atoms with Crippen molar-refractivity contribution in [3.63, 3.8) is 0 Å². The summed E-state index contributed by atoms with van der Waals surface area (Å²) in [4.78, 5) is 0. The highest BCUT2D eigenvalue weighted by Gasteiger charge is 2.06. The van der Waals surface area contributed by atoms with Crippen LogP contribution in [0.1, 0.15) is 129 Å². The summed E-state index contributed by atoms with van der Waals surface area (Å²) < 4.78 is 9.47. The Labute approximate surface area is 211 Å². The van der Waals surface area contributed by atoms with Crippen LogP contribution in [-0.2, 0) is 26.2 Å². The minimum Gasteiger partial charge on any atom is -0.237 e. The molecule has 2 aromatic heterocycles. The monoisotopic (exact) mass is 472 g/mol. The molecule has 4 heteroatoms. The molecule has 0 spiro atoms. The van der Waals surface area contributed by atoms with Crippen LogP contribution in [0.5, 0.6) is 0 Å². The van der Waals surface area contributed by atoms with Gasteiger partial charge in [0.25, 0.3) is 0 Å². The van der Waals surface area contributed by atoms with Gasteiger partial charge < -0.3 is 0 Å². The largest absolute Gasteiger partial charge is 0.243 e. The maximum atomic E-state index is 2.37. The Kier molecular flexibility index (Phi) is 16.6. The standard InChI is InChI=1S/C30H56N4/c1-3-5-7-9-11-13-15-17-21-31-25-27-33(29-31)23-19-20-24-34-28-26-32(30-34)22-18-16-14-12-10-8-6-4-2/h25-30H,3-24H2,1-2H3/q+2. The molecule has 34 heavy (non-hydrogen) atoms. The second-order valence-corrected chi connectivity index (χ2v) is 10.4. The van der Waals surface area contributed by atoms with Gasteiger partial charge in [0.2, 0.25) is 12.7 Å². The molecule has 2 heterocycles. The van der Waals surface area contributed by atoms with Crippen molar-refractivity contribution in [3.8, 4) is 0 Å². The average Bonchev–Trinajstić information content (AvgIpc) is 3.49. The van der Waals surface area contributed by atoms with Crippen molar-refractivity contribution < 1.29 is 9.13 Å². The molecule has 0 saturated carbocycles. The van der Waals surface area contributed by atoms with Crippen LogP contribution in [-0.4, -0.2) is 9.13 Å². The lowest BCUT2D eigenvalue weighted by Gasteiger charge is -2.01. The molecule has 0 aromatic carbocycles. The minimum atomic E-state index is 1.13. The van der Waals surface area contributed by atoms with Gasteiger partial charge in [0.1, 0.15) is 24.8 Å². The van der Waals surface area contributed by atoms with Gasteiger partial charge in [-0.05, 0) is 38.5 Å². The van der Waals surface area contributed by atoms with Crippen molar-refractivity contribution in [2.75, 3.05) is 0 Å². The molecule has 4 nitrogen and oxygen atoms in total. The van der Waals surface area contributed by atoms with Crippen LogP contribution in [0, 0.1) is 0 Å². The molecule has 0 unspecified atom stereocenters. The van der Waals surface area contributed by atoms with E-state index in [-0.39, 0.29) is 0 Å². The molecule has 0 radical (unpaired) electrons. The first kappa shape index (κ1) is 28.7. The lowest BCUT2D eigenvalue weighted by atomic mass is 10.1. The van der Waals surface area contributed by atoms with E-state index in [0.29, 0.717) is 0 Å². The van der Waals surface area contributed by atoms with E-state index in [1.54, 1.807) is 0 Å². The third-order valence-corrected chi connectivity index (χ3v) is 7.11. The fourth-order valence-corrected chi connectivity index (χ4v) is 4.85. The Hall–Kier alpha value is -1.58. The highest BCUT2D eigenvalue weighted by molar-refractivity contribution is 4.68. The molecule has 2 rings (SSSR count). The highest BCUT2D eigenvalue weighted by Crippen LogP contribution is 2.09. The number of aromatic nitrogens is 4. The zero-order valence-electron chi connectivity index (χ0n) is 22.8. The van der Waals surface area contributed by atoms with Gasteiger partial charge in [-0.2, -0.15) is 0 Å². The molecule has 0 fully saturated rings. The number of hydrogen-bond acceptors (Lipinski definition) is 0. The van der Waals surface area contributed by atoms with E-state index >= 15 is 0 Å². The molecule has 194 valence electrons. The quantitative estimate of drug-likeness (QED) is 0.117. The Morgan fingerprint density at radius 1 is 0.441 bits per heavy atom. The Morgan fingerprint density at radius 3 is 1.18 bits per heavy atom. The van der Waals surface area contributed by atoms with Crippen LogP contribution in [0.25, 0.3) is 0 Å². The van der Waals surface area contributed by atoms with Crippen molar-refractivity contribution in [1.29, 1.82) is 0 Å². The van der Waals surface area contributed by atoms with Crippen LogP contribution in [0.15, 0.2) is 37.4 Å². The van der Waals surface area contributed by atoms with Gasteiger partial charge in [0, 0.05) is 0 Å². The first-order valence-electron chi connectivity index (χ1n) is 14.9. The molecular formula is C30H56N4+2. The number of hydrogen-bond donors (Lipinski definition) is 0. The summed E-state index contributed by atoms with van der Waals surface area (Å²) in [5.74, 6) is 0. The summed E-state index contributed by atoms with van der Waals surface area (Å²) in [6, 6.07) is 0. The normalized spacial score (nSPS) is 11.5. The van der Waals surface area contributed by atoms with Gasteiger partial charge in [0.15, 0.2) is 0 Å². The lowest BCUT2D eigenvalue weighted by molar-refractivity contribution is -0.697. The summed E-state index contributed by atoms with van der Waals surface area (Å²) >= 11 is 0. The lowest BCUT2D eigenvalue weighted by Crippen LogP contribution is -2.31. The first-order chi connectivity index (χ1) is 16.8. The van der Waals surface area contributed by atoms with E-state index in [2.05, 4.69) is 69.6 Å². The molecule has 0 amide bonds. The molecule has 0 aliphatic carbocycles. The van der Waals surface area contributed by atoms with E-state index < -0.39 is 0 Å². The van der Waals surface area contributed by atoms with E-state index in [4.69, 9.17) is 0 Å². The van der Waals surface area contributed by atoms with Gasteiger partial charge in [-0.15, -0.1) is 0 Å². The molecule has 0 bridgehead atoms. The van der Waals surface area contributed by atoms with Crippen molar-refractivity contribution in [2.45, 2.75) is 156 Å². The topological polar surface area (TPSA) is 17.6 Å². The molecular weight excluding hydrogens is 416 g/mol. The molecule has 0 atom stereocenters. The first-order valence-corrected chi connectivity index (χ1v) is 14.9. The predicted octanol–water partition coefficient (Wildman–Crippen LogP) is 7.63. The fraction of sp³-hybridized carbons (Fsp3) is 0.800. The van der Waals surface area contributed by atoms with Crippen molar-refractivity contribution in [3.05, 3.63) is 37.4 Å². The zero-order valence-corrected chi connectivity index (χ0v) is 22.8. The second kappa shape index (κ2) is 19.7. The summed E-state index contributed by atoms with van der Waals surface area (Å²) in [7, 11) is 0. The Bertz CT molecular complexity index is 642. The number of imidazole rings is 2. The molecule has 2 aromatic rings. The predicted molar refractivity (Wildman–Crippen MR) is 144 cm³/mol. The van der Waals surface area contributed by atoms with Gasteiger partial charge in [0.05, 0.1) is 26.2 Å². The maximum Gasteiger partial charge on any atom is 0.243 e. The fourth-order valence-electron chi connectivity index (χ4n) is 4.85. The van der Waals surface area contributed by atoms with Gasteiger partial charge in [-0.3, -0.25) is 0 Å². The Morgan fingerprint density at radius 2 is 0.794 bits per heavy atom. The zero-order chi connectivity index (χ0) is 24.1. The van der Waals surface area contributed by atoms with Crippen LogP contribution in [0.4, 0.5) is 0 Å². The third-order valence-electron chi connectivity index (χ3n) is 7.11. The number of unbranched alkanes of at least 4 members (excludes halogenated alkanes) is 15. The van der Waals surface area contributed by atoms with Gasteiger partial charge in [-0.25, -0.2) is 18.3 Å². The minimum absolute atomic E-state index is 1.13. The van der Waals surface area contributed by atoms with E-state index in [0.717, 1.165) is 13.1 Å². The molecule has 0 saturated heterocycles. The third kappa shape index (κ3) is 14.0. The molecule has 0 N–H and O–H groups in total. The average molecular weight is 473 g/mol. The van der Waals surface area contributed by atoms with Crippen LogP contribution >= 0.6 is 0 Å². The SMILES string of the molecule is CCCCCCCCCC[n+]1ccn(CCCCn2cc[n+](CCCCCCCCCC)c2)c1. The van der Waals surface area contributed by atoms with Crippen LogP contribution in [0.3, 0.4) is 0 Å². The van der Waals surface area contributed by atoms with Gasteiger partial charge in [-0.1, -0.05) is 90.9 Å². The smallest absolute Gasteiger partial charge is 0.237 e.